The second-order valence-electron chi connectivity index (χ2n) is 8.91. The van der Waals surface area contributed by atoms with Gasteiger partial charge in [-0.2, -0.15) is 0 Å². The molecule has 32 heavy (non-hydrogen) atoms. The first-order chi connectivity index (χ1) is 15.5. The Hall–Kier alpha value is -3.66. The molecule has 0 N–H and O–H groups in total. The SMILES string of the molecule is Cc1cc(C)c2c(c1)Oc1cc(C)cc(C)c1N2B1c2ccccc2Oc2ccccc21. The van der Waals surface area contributed by atoms with Crippen LogP contribution in [0.1, 0.15) is 22.3 Å². The van der Waals surface area contributed by atoms with Crippen LogP contribution >= 0.6 is 0 Å². The first-order valence-electron chi connectivity index (χ1n) is 11.1. The predicted octanol–water partition coefficient (Wildman–Crippen LogP) is 6.08. The fraction of sp³-hybridized carbons (Fsp3) is 0.143. The molecule has 0 aromatic heterocycles. The van der Waals surface area contributed by atoms with E-state index >= 15 is 0 Å². The average molecular weight is 417 g/mol. The quantitative estimate of drug-likeness (QED) is 0.351. The highest BCUT2D eigenvalue weighted by Crippen LogP contribution is 2.51. The third-order valence-electron chi connectivity index (χ3n) is 6.43. The first-order valence-corrected chi connectivity index (χ1v) is 11.1. The van der Waals surface area contributed by atoms with E-state index in [1.807, 2.05) is 12.1 Å². The van der Waals surface area contributed by atoms with Crippen LogP contribution in [-0.4, -0.2) is 6.85 Å². The lowest BCUT2D eigenvalue weighted by atomic mass is 9.47. The Morgan fingerprint density at radius 1 is 0.562 bits per heavy atom. The van der Waals surface area contributed by atoms with E-state index in [1.54, 1.807) is 0 Å². The van der Waals surface area contributed by atoms with E-state index < -0.39 is 0 Å². The van der Waals surface area contributed by atoms with Crippen LogP contribution in [0.5, 0.6) is 23.0 Å². The molecule has 2 aliphatic rings. The van der Waals surface area contributed by atoms with Gasteiger partial charge in [0.15, 0.2) is 11.5 Å². The highest BCUT2D eigenvalue weighted by Gasteiger charge is 2.42. The molecule has 0 spiro atoms. The summed E-state index contributed by atoms with van der Waals surface area (Å²) in [6.45, 7) is 8.57. The Balaban J connectivity index is 1.71. The number of anilines is 2. The standard InChI is InChI=1S/C28H24BNO2/c1-17-13-19(3)27-25(15-17)32-26-16-18(2)14-20(4)28(26)30(27)29-21-9-5-7-11-23(21)31-24-12-8-6-10-22(24)29/h5-16H,1-4H3. The summed E-state index contributed by atoms with van der Waals surface area (Å²) in [6, 6.07) is 25.5. The summed E-state index contributed by atoms with van der Waals surface area (Å²) in [7, 11) is 0. The van der Waals surface area contributed by atoms with Crippen molar-refractivity contribution in [3.63, 3.8) is 0 Å². The minimum atomic E-state index is -0.0274. The van der Waals surface area contributed by atoms with E-state index in [0.717, 1.165) is 45.3 Å². The Kier molecular flexibility index (Phi) is 4.13. The number of aryl methyl sites for hydroxylation is 4. The summed E-state index contributed by atoms with van der Waals surface area (Å²) in [6.07, 6.45) is 0. The molecule has 0 radical (unpaired) electrons. The minimum absolute atomic E-state index is 0.0274. The van der Waals surface area contributed by atoms with Crippen LogP contribution in [0.3, 0.4) is 0 Å². The highest BCUT2D eigenvalue weighted by atomic mass is 16.5. The molecule has 0 atom stereocenters. The molecule has 2 aliphatic heterocycles. The van der Waals surface area contributed by atoms with Gasteiger partial charge in [0.05, 0.1) is 11.4 Å². The molecular formula is C28H24BNO2. The van der Waals surface area contributed by atoms with Crippen LogP contribution in [0.4, 0.5) is 11.4 Å². The van der Waals surface area contributed by atoms with Gasteiger partial charge in [-0.1, -0.05) is 48.5 Å². The van der Waals surface area contributed by atoms with Gasteiger partial charge >= 0.3 is 6.85 Å². The molecular weight excluding hydrogens is 393 g/mol. The molecule has 0 fully saturated rings. The van der Waals surface area contributed by atoms with Gasteiger partial charge in [-0.15, -0.1) is 0 Å². The van der Waals surface area contributed by atoms with Crippen LogP contribution in [0.2, 0.25) is 0 Å². The van der Waals surface area contributed by atoms with Crippen LogP contribution in [0.15, 0.2) is 72.8 Å². The molecule has 4 heteroatoms. The van der Waals surface area contributed by atoms with Crippen molar-refractivity contribution in [2.45, 2.75) is 27.7 Å². The van der Waals surface area contributed by atoms with Gasteiger partial charge in [0.25, 0.3) is 0 Å². The van der Waals surface area contributed by atoms with Crippen molar-refractivity contribution in [1.29, 1.82) is 0 Å². The molecule has 4 aromatic rings. The molecule has 0 unspecified atom stereocenters. The second-order valence-corrected chi connectivity index (χ2v) is 8.91. The fourth-order valence-corrected chi connectivity index (χ4v) is 5.27. The summed E-state index contributed by atoms with van der Waals surface area (Å²) in [5, 5.41) is 0. The van der Waals surface area contributed by atoms with E-state index in [4.69, 9.17) is 9.47 Å². The van der Waals surface area contributed by atoms with Gasteiger partial charge in [0.1, 0.15) is 11.5 Å². The maximum atomic E-state index is 6.52. The lowest BCUT2D eigenvalue weighted by molar-refractivity contribution is 0.475. The van der Waals surface area contributed by atoms with Gasteiger partial charge in [0, 0.05) is 0 Å². The lowest BCUT2D eigenvalue weighted by Crippen LogP contribution is -2.58. The van der Waals surface area contributed by atoms with Crippen LogP contribution in [-0.2, 0) is 0 Å². The van der Waals surface area contributed by atoms with Gasteiger partial charge in [-0.25, -0.2) is 0 Å². The zero-order valence-electron chi connectivity index (χ0n) is 18.8. The van der Waals surface area contributed by atoms with Gasteiger partial charge in [0.2, 0.25) is 0 Å². The van der Waals surface area contributed by atoms with Gasteiger partial charge < -0.3 is 14.3 Å². The van der Waals surface area contributed by atoms with Crippen molar-refractivity contribution in [3.8, 4) is 23.0 Å². The number of fused-ring (bicyclic) bond motifs is 4. The summed E-state index contributed by atoms with van der Waals surface area (Å²) >= 11 is 0. The first kappa shape index (κ1) is 19.1. The Bertz CT molecular complexity index is 1290. The number of ether oxygens (including phenoxy) is 2. The normalized spacial score (nSPS) is 13.4. The zero-order valence-corrected chi connectivity index (χ0v) is 18.8. The number of hydrogen-bond donors (Lipinski definition) is 0. The third kappa shape index (κ3) is 2.76. The molecule has 0 amide bonds. The average Bonchev–Trinajstić information content (AvgIpc) is 2.75. The van der Waals surface area contributed by atoms with Crippen molar-refractivity contribution < 1.29 is 9.47 Å². The van der Waals surface area contributed by atoms with Crippen LogP contribution in [0.25, 0.3) is 0 Å². The van der Waals surface area contributed by atoms with Crippen LogP contribution < -0.4 is 25.2 Å². The van der Waals surface area contributed by atoms with Crippen molar-refractivity contribution in [2.24, 2.45) is 0 Å². The van der Waals surface area contributed by atoms with E-state index in [0.29, 0.717) is 0 Å². The monoisotopic (exact) mass is 417 g/mol. The minimum Gasteiger partial charge on any atom is -0.458 e. The molecule has 4 aromatic carbocycles. The Labute approximate surface area is 189 Å². The largest absolute Gasteiger partial charge is 0.458 e. The molecule has 3 nitrogen and oxygen atoms in total. The number of benzene rings is 4. The zero-order chi connectivity index (χ0) is 22.0. The molecule has 0 bridgehead atoms. The smallest absolute Gasteiger partial charge is 0.335 e. The van der Waals surface area contributed by atoms with Crippen molar-refractivity contribution in [1.82, 2.24) is 0 Å². The van der Waals surface area contributed by atoms with E-state index in [1.165, 1.54) is 22.3 Å². The molecule has 0 saturated heterocycles. The molecule has 2 heterocycles. The van der Waals surface area contributed by atoms with E-state index in [9.17, 15) is 0 Å². The predicted molar refractivity (Wildman–Crippen MR) is 132 cm³/mol. The fourth-order valence-electron chi connectivity index (χ4n) is 5.27. The van der Waals surface area contributed by atoms with Crippen molar-refractivity contribution in [3.05, 3.63) is 95.1 Å². The lowest BCUT2D eigenvalue weighted by Gasteiger charge is -2.41. The van der Waals surface area contributed by atoms with Crippen LogP contribution in [0, 0.1) is 27.7 Å². The summed E-state index contributed by atoms with van der Waals surface area (Å²) in [5.74, 6) is 3.61. The Morgan fingerprint density at radius 3 is 1.50 bits per heavy atom. The van der Waals surface area contributed by atoms with E-state index in [2.05, 4.69) is 93.2 Å². The third-order valence-corrected chi connectivity index (χ3v) is 6.43. The maximum Gasteiger partial charge on any atom is 0.335 e. The van der Waals surface area contributed by atoms with Gasteiger partial charge in [-0.05, 0) is 85.1 Å². The maximum absolute atomic E-state index is 6.52. The second kappa shape index (κ2) is 6.93. The summed E-state index contributed by atoms with van der Waals surface area (Å²) in [4.78, 5) is 2.47. The highest BCUT2D eigenvalue weighted by molar-refractivity contribution is 6.90. The molecule has 0 aliphatic carbocycles. The van der Waals surface area contributed by atoms with Crippen molar-refractivity contribution in [2.75, 3.05) is 4.81 Å². The van der Waals surface area contributed by atoms with E-state index in [-0.39, 0.29) is 6.85 Å². The molecule has 6 rings (SSSR count). The number of para-hydroxylation sites is 2. The number of rotatable bonds is 1. The summed E-state index contributed by atoms with van der Waals surface area (Å²) in [5.41, 5.74) is 9.34. The Morgan fingerprint density at radius 2 is 1.00 bits per heavy atom. The van der Waals surface area contributed by atoms with Gasteiger partial charge in [-0.3, -0.25) is 0 Å². The molecule has 156 valence electrons. The number of hydrogen-bond acceptors (Lipinski definition) is 3. The summed E-state index contributed by atoms with van der Waals surface area (Å²) < 4.78 is 12.8. The number of nitrogens with zero attached hydrogens (tertiary/aromatic N) is 1. The molecule has 0 saturated carbocycles. The topological polar surface area (TPSA) is 21.7 Å². The van der Waals surface area contributed by atoms with Crippen molar-refractivity contribution >= 4 is 29.1 Å².